The molecule has 2 aromatic heterocycles. The summed E-state index contributed by atoms with van der Waals surface area (Å²) in [5, 5.41) is 4.02. The summed E-state index contributed by atoms with van der Waals surface area (Å²) in [5.74, 6) is 2.29. The van der Waals surface area contributed by atoms with Crippen molar-refractivity contribution < 1.29 is 4.52 Å². The predicted molar refractivity (Wildman–Crippen MR) is 77.4 cm³/mol. The van der Waals surface area contributed by atoms with Crippen molar-refractivity contribution in [3.05, 3.63) is 29.8 Å². The maximum Gasteiger partial charge on any atom is 0.230 e. The molecular formula is C16H21N3O. The van der Waals surface area contributed by atoms with Crippen LogP contribution < -0.4 is 0 Å². The second-order valence-corrected chi connectivity index (χ2v) is 6.79. The third kappa shape index (κ3) is 2.60. The van der Waals surface area contributed by atoms with Crippen molar-refractivity contribution in [2.24, 2.45) is 5.41 Å². The number of aromatic nitrogens is 3. The quantitative estimate of drug-likeness (QED) is 0.841. The third-order valence-electron chi connectivity index (χ3n) is 4.18. The molecule has 0 aromatic carbocycles. The molecule has 2 heterocycles. The summed E-state index contributed by atoms with van der Waals surface area (Å²) in [5.41, 5.74) is 2.26. The molecule has 4 nitrogen and oxygen atoms in total. The zero-order chi connectivity index (χ0) is 14.3. The van der Waals surface area contributed by atoms with Gasteiger partial charge in [-0.2, -0.15) is 4.98 Å². The first-order valence-corrected chi connectivity index (χ1v) is 7.25. The molecule has 0 radical (unpaired) electrons. The summed E-state index contributed by atoms with van der Waals surface area (Å²) >= 11 is 0. The van der Waals surface area contributed by atoms with E-state index in [4.69, 9.17) is 4.52 Å². The average molecular weight is 271 g/mol. The normalized spacial score (nSPS) is 17.2. The lowest BCUT2D eigenvalue weighted by Gasteiger charge is -2.27. The average Bonchev–Trinajstić information content (AvgIpc) is 3.15. The first-order valence-electron chi connectivity index (χ1n) is 7.25. The van der Waals surface area contributed by atoms with Crippen LogP contribution in [0.5, 0.6) is 0 Å². The summed E-state index contributed by atoms with van der Waals surface area (Å²) in [4.78, 5) is 8.92. The van der Waals surface area contributed by atoms with Crippen LogP contribution >= 0.6 is 0 Å². The van der Waals surface area contributed by atoms with Gasteiger partial charge in [-0.3, -0.25) is 4.98 Å². The standard InChI is InChI=1S/C16H21N3O/c1-10(16(2,3)4)12-7-8-13(17-9-12)14-18-15(20-19-14)11-5-6-11/h7-11H,5-6H2,1-4H3. The van der Waals surface area contributed by atoms with Crippen LogP contribution in [0.15, 0.2) is 22.9 Å². The Kier molecular flexibility index (Phi) is 3.11. The fourth-order valence-corrected chi connectivity index (χ4v) is 2.13. The molecule has 0 bridgehead atoms. The highest BCUT2D eigenvalue weighted by atomic mass is 16.5. The molecule has 106 valence electrons. The van der Waals surface area contributed by atoms with Crippen LogP contribution in [0.4, 0.5) is 0 Å². The maximum absolute atomic E-state index is 5.27. The molecule has 0 spiro atoms. The molecule has 0 N–H and O–H groups in total. The van der Waals surface area contributed by atoms with E-state index in [0.29, 0.717) is 17.7 Å². The molecule has 1 saturated carbocycles. The van der Waals surface area contributed by atoms with Gasteiger partial charge in [0.1, 0.15) is 5.69 Å². The molecule has 20 heavy (non-hydrogen) atoms. The largest absolute Gasteiger partial charge is 0.339 e. The highest BCUT2D eigenvalue weighted by Crippen LogP contribution is 2.39. The third-order valence-corrected chi connectivity index (χ3v) is 4.18. The fourth-order valence-electron chi connectivity index (χ4n) is 2.13. The van der Waals surface area contributed by atoms with E-state index in [0.717, 1.165) is 24.4 Å². The van der Waals surface area contributed by atoms with Crippen molar-refractivity contribution >= 4 is 0 Å². The maximum atomic E-state index is 5.27. The summed E-state index contributed by atoms with van der Waals surface area (Å²) in [6.07, 6.45) is 4.26. The highest BCUT2D eigenvalue weighted by molar-refractivity contribution is 5.48. The molecule has 1 unspecified atom stereocenters. The molecule has 2 aromatic rings. The van der Waals surface area contributed by atoms with Crippen LogP contribution in [0.3, 0.4) is 0 Å². The van der Waals surface area contributed by atoms with Crippen molar-refractivity contribution in [2.45, 2.75) is 52.4 Å². The van der Waals surface area contributed by atoms with E-state index in [9.17, 15) is 0 Å². The van der Waals surface area contributed by atoms with Gasteiger partial charge in [-0.25, -0.2) is 0 Å². The number of hydrogen-bond donors (Lipinski definition) is 0. The fraction of sp³-hybridized carbons (Fsp3) is 0.562. The summed E-state index contributed by atoms with van der Waals surface area (Å²) in [6.45, 7) is 8.96. The Morgan fingerprint density at radius 3 is 2.55 bits per heavy atom. The molecular weight excluding hydrogens is 250 g/mol. The van der Waals surface area contributed by atoms with E-state index < -0.39 is 0 Å². The van der Waals surface area contributed by atoms with Gasteiger partial charge < -0.3 is 4.52 Å². The van der Waals surface area contributed by atoms with E-state index in [-0.39, 0.29) is 5.41 Å². The van der Waals surface area contributed by atoms with E-state index in [1.165, 1.54) is 5.56 Å². The molecule has 3 rings (SSSR count). The second kappa shape index (κ2) is 4.69. The molecule has 0 aliphatic heterocycles. The Balaban J connectivity index is 1.81. The first kappa shape index (κ1) is 13.3. The van der Waals surface area contributed by atoms with Crippen LogP contribution in [0.25, 0.3) is 11.5 Å². The van der Waals surface area contributed by atoms with Gasteiger partial charge >= 0.3 is 0 Å². The molecule has 1 aliphatic carbocycles. The van der Waals surface area contributed by atoms with Gasteiger partial charge in [0.05, 0.1) is 0 Å². The molecule has 0 saturated heterocycles. The lowest BCUT2D eigenvalue weighted by Crippen LogP contribution is -2.15. The van der Waals surface area contributed by atoms with E-state index >= 15 is 0 Å². The smallest absolute Gasteiger partial charge is 0.230 e. The molecule has 1 atom stereocenters. The van der Waals surface area contributed by atoms with E-state index in [1.54, 1.807) is 0 Å². The topological polar surface area (TPSA) is 51.8 Å². The van der Waals surface area contributed by atoms with Crippen molar-refractivity contribution in [3.63, 3.8) is 0 Å². The van der Waals surface area contributed by atoms with Gasteiger partial charge in [0.2, 0.25) is 11.7 Å². The number of hydrogen-bond acceptors (Lipinski definition) is 4. The highest BCUT2D eigenvalue weighted by Gasteiger charge is 2.30. The number of rotatable bonds is 3. The van der Waals surface area contributed by atoms with Crippen LogP contribution in [-0.2, 0) is 0 Å². The van der Waals surface area contributed by atoms with Crippen molar-refractivity contribution in [2.75, 3.05) is 0 Å². The minimum Gasteiger partial charge on any atom is -0.339 e. The molecule has 1 aliphatic rings. The van der Waals surface area contributed by atoms with Gasteiger partial charge in [-0.1, -0.05) is 38.9 Å². The lowest BCUT2D eigenvalue weighted by molar-refractivity contribution is 0.339. The van der Waals surface area contributed by atoms with Gasteiger partial charge in [0, 0.05) is 12.1 Å². The minimum absolute atomic E-state index is 0.231. The van der Waals surface area contributed by atoms with E-state index in [2.05, 4.69) is 48.9 Å². The number of pyridine rings is 1. The Morgan fingerprint density at radius 2 is 2.00 bits per heavy atom. The Bertz CT molecular complexity index is 591. The predicted octanol–water partition coefficient (Wildman–Crippen LogP) is 4.16. The Morgan fingerprint density at radius 1 is 1.25 bits per heavy atom. The number of nitrogens with zero attached hydrogens (tertiary/aromatic N) is 3. The van der Waals surface area contributed by atoms with Crippen LogP contribution in [-0.4, -0.2) is 15.1 Å². The van der Waals surface area contributed by atoms with Crippen molar-refractivity contribution in [3.8, 4) is 11.5 Å². The molecule has 4 heteroatoms. The first-order chi connectivity index (χ1) is 9.45. The molecule has 1 fully saturated rings. The second-order valence-electron chi connectivity index (χ2n) is 6.79. The lowest BCUT2D eigenvalue weighted by atomic mass is 9.78. The van der Waals surface area contributed by atoms with Gasteiger partial charge in [-0.05, 0) is 35.8 Å². The van der Waals surface area contributed by atoms with Crippen molar-refractivity contribution in [1.82, 2.24) is 15.1 Å². The zero-order valence-corrected chi connectivity index (χ0v) is 12.6. The van der Waals surface area contributed by atoms with E-state index in [1.807, 2.05) is 12.3 Å². The zero-order valence-electron chi connectivity index (χ0n) is 12.6. The molecule has 0 amide bonds. The van der Waals surface area contributed by atoms with Crippen LogP contribution in [0.1, 0.15) is 63.8 Å². The monoisotopic (exact) mass is 271 g/mol. The van der Waals surface area contributed by atoms with Gasteiger partial charge in [-0.15, -0.1) is 0 Å². The Hall–Kier alpha value is -1.71. The summed E-state index contributed by atoms with van der Waals surface area (Å²) in [7, 11) is 0. The summed E-state index contributed by atoms with van der Waals surface area (Å²) < 4.78 is 5.27. The van der Waals surface area contributed by atoms with Gasteiger partial charge in [0.25, 0.3) is 0 Å². The van der Waals surface area contributed by atoms with Gasteiger partial charge in [0.15, 0.2) is 0 Å². The minimum atomic E-state index is 0.231. The van der Waals surface area contributed by atoms with Crippen molar-refractivity contribution in [1.29, 1.82) is 0 Å². The Labute approximate surface area is 119 Å². The SMILES string of the molecule is CC(c1ccc(-c2noc(C3CC3)n2)nc1)C(C)(C)C. The summed E-state index contributed by atoms with van der Waals surface area (Å²) in [6, 6.07) is 4.10. The van der Waals surface area contributed by atoms with Crippen LogP contribution in [0.2, 0.25) is 0 Å². The van der Waals surface area contributed by atoms with Crippen LogP contribution in [0, 0.1) is 5.41 Å².